The highest BCUT2D eigenvalue weighted by Crippen LogP contribution is 2.22. The minimum absolute atomic E-state index is 0.166. The number of nitrogens with zero attached hydrogens (tertiary/aromatic N) is 1. The Labute approximate surface area is 100 Å². The van der Waals surface area contributed by atoms with E-state index in [0.717, 1.165) is 31.6 Å². The predicted molar refractivity (Wildman–Crippen MR) is 68.6 cm³/mol. The Morgan fingerprint density at radius 2 is 1.94 bits per heavy atom. The number of hydrogen-bond acceptors (Lipinski definition) is 3. The van der Waals surface area contributed by atoms with Crippen molar-refractivity contribution in [2.45, 2.75) is 64.1 Å². The van der Waals surface area contributed by atoms with Crippen LogP contribution in [0.4, 0.5) is 0 Å². The lowest BCUT2D eigenvalue weighted by Crippen LogP contribution is -2.41. The lowest BCUT2D eigenvalue weighted by molar-refractivity contribution is 0.130. The molecule has 1 aliphatic rings. The summed E-state index contributed by atoms with van der Waals surface area (Å²) in [5, 5.41) is 12.8. The fourth-order valence-corrected chi connectivity index (χ4v) is 2.58. The maximum absolute atomic E-state index is 9.27. The van der Waals surface area contributed by atoms with Gasteiger partial charge in [0.25, 0.3) is 0 Å². The molecule has 96 valence electrons. The summed E-state index contributed by atoms with van der Waals surface area (Å²) >= 11 is 0. The molecule has 1 aliphatic carbocycles. The van der Waals surface area contributed by atoms with Gasteiger partial charge in [-0.1, -0.05) is 6.92 Å². The maximum atomic E-state index is 9.27. The number of aliphatic hydroxyl groups is 1. The average molecular weight is 228 g/mol. The first kappa shape index (κ1) is 13.9. The largest absolute Gasteiger partial charge is 0.393 e. The summed E-state index contributed by atoms with van der Waals surface area (Å²) in [7, 11) is 2.20. The molecule has 3 heteroatoms. The van der Waals surface area contributed by atoms with Crippen LogP contribution in [0.15, 0.2) is 0 Å². The Morgan fingerprint density at radius 1 is 1.31 bits per heavy atom. The van der Waals surface area contributed by atoms with E-state index in [9.17, 15) is 5.11 Å². The quantitative estimate of drug-likeness (QED) is 0.725. The SMILES string of the molecule is CCNC1CCC(N(C)CCC(C)O)CC1. The minimum Gasteiger partial charge on any atom is -0.393 e. The van der Waals surface area contributed by atoms with E-state index in [1.54, 1.807) is 0 Å². The van der Waals surface area contributed by atoms with Crippen molar-refractivity contribution in [2.75, 3.05) is 20.1 Å². The van der Waals surface area contributed by atoms with E-state index < -0.39 is 0 Å². The molecule has 0 heterocycles. The van der Waals surface area contributed by atoms with Crippen molar-refractivity contribution < 1.29 is 5.11 Å². The van der Waals surface area contributed by atoms with Crippen LogP contribution in [0.2, 0.25) is 0 Å². The lowest BCUT2D eigenvalue weighted by atomic mass is 9.90. The van der Waals surface area contributed by atoms with Crippen molar-refractivity contribution in [2.24, 2.45) is 0 Å². The molecule has 0 aromatic rings. The smallest absolute Gasteiger partial charge is 0.0524 e. The maximum Gasteiger partial charge on any atom is 0.0524 e. The summed E-state index contributed by atoms with van der Waals surface area (Å²) < 4.78 is 0. The highest BCUT2D eigenvalue weighted by molar-refractivity contribution is 4.81. The molecule has 0 radical (unpaired) electrons. The van der Waals surface area contributed by atoms with Gasteiger partial charge in [-0.2, -0.15) is 0 Å². The van der Waals surface area contributed by atoms with Gasteiger partial charge in [-0.05, 0) is 52.6 Å². The van der Waals surface area contributed by atoms with Crippen LogP contribution >= 0.6 is 0 Å². The molecule has 1 atom stereocenters. The topological polar surface area (TPSA) is 35.5 Å². The number of hydrogen-bond donors (Lipinski definition) is 2. The van der Waals surface area contributed by atoms with Gasteiger partial charge in [0.1, 0.15) is 0 Å². The van der Waals surface area contributed by atoms with Crippen LogP contribution in [0, 0.1) is 0 Å². The van der Waals surface area contributed by atoms with Crippen LogP contribution in [-0.4, -0.2) is 48.3 Å². The minimum atomic E-state index is -0.166. The van der Waals surface area contributed by atoms with Crippen molar-refractivity contribution in [3.05, 3.63) is 0 Å². The second-order valence-electron chi connectivity index (χ2n) is 5.18. The number of nitrogens with one attached hydrogen (secondary N) is 1. The van der Waals surface area contributed by atoms with Gasteiger partial charge in [-0.25, -0.2) is 0 Å². The lowest BCUT2D eigenvalue weighted by Gasteiger charge is -2.35. The Bertz CT molecular complexity index is 177. The van der Waals surface area contributed by atoms with Crippen molar-refractivity contribution in [3.63, 3.8) is 0 Å². The van der Waals surface area contributed by atoms with Crippen molar-refractivity contribution in [1.29, 1.82) is 0 Å². The van der Waals surface area contributed by atoms with Crippen LogP contribution in [0.3, 0.4) is 0 Å². The molecule has 0 aromatic heterocycles. The van der Waals surface area contributed by atoms with Crippen molar-refractivity contribution >= 4 is 0 Å². The van der Waals surface area contributed by atoms with Gasteiger partial charge in [0.15, 0.2) is 0 Å². The Hall–Kier alpha value is -0.120. The summed E-state index contributed by atoms with van der Waals surface area (Å²) in [6.07, 6.45) is 5.93. The molecule has 0 amide bonds. The van der Waals surface area contributed by atoms with Crippen LogP contribution < -0.4 is 5.32 Å². The molecule has 16 heavy (non-hydrogen) atoms. The zero-order chi connectivity index (χ0) is 12.0. The molecule has 0 bridgehead atoms. The second kappa shape index (κ2) is 7.25. The normalized spacial score (nSPS) is 28.3. The summed E-state index contributed by atoms with van der Waals surface area (Å²) in [5.41, 5.74) is 0. The molecule has 2 N–H and O–H groups in total. The molecular formula is C13H28N2O. The first-order valence-corrected chi connectivity index (χ1v) is 6.75. The molecule has 0 aromatic carbocycles. The van der Waals surface area contributed by atoms with Gasteiger partial charge in [-0.3, -0.25) is 0 Å². The van der Waals surface area contributed by atoms with Crippen molar-refractivity contribution in [3.8, 4) is 0 Å². The number of rotatable bonds is 6. The molecule has 0 saturated heterocycles. The fourth-order valence-electron chi connectivity index (χ4n) is 2.58. The molecule has 0 spiro atoms. The van der Waals surface area contributed by atoms with Gasteiger partial charge in [-0.15, -0.1) is 0 Å². The van der Waals surface area contributed by atoms with Crippen LogP contribution in [0.25, 0.3) is 0 Å². The third kappa shape index (κ3) is 4.81. The second-order valence-corrected chi connectivity index (χ2v) is 5.18. The third-order valence-electron chi connectivity index (χ3n) is 3.71. The van der Waals surface area contributed by atoms with Crippen LogP contribution in [0.1, 0.15) is 46.0 Å². The molecule has 0 aliphatic heterocycles. The molecule has 1 unspecified atom stereocenters. The molecule has 1 rings (SSSR count). The summed E-state index contributed by atoms with van der Waals surface area (Å²) in [5.74, 6) is 0. The zero-order valence-corrected chi connectivity index (χ0v) is 11.1. The van der Waals surface area contributed by atoms with Crippen LogP contribution in [-0.2, 0) is 0 Å². The van der Waals surface area contributed by atoms with Gasteiger partial charge in [0, 0.05) is 18.6 Å². The number of aliphatic hydroxyl groups excluding tert-OH is 1. The molecule has 1 fully saturated rings. The van der Waals surface area contributed by atoms with Crippen LogP contribution in [0.5, 0.6) is 0 Å². The highest BCUT2D eigenvalue weighted by Gasteiger charge is 2.23. The zero-order valence-electron chi connectivity index (χ0n) is 11.1. The van der Waals surface area contributed by atoms with Gasteiger partial charge < -0.3 is 15.3 Å². The fraction of sp³-hybridized carbons (Fsp3) is 1.00. The summed E-state index contributed by atoms with van der Waals surface area (Å²) in [6.45, 7) is 6.16. The Kier molecular flexibility index (Phi) is 6.32. The van der Waals surface area contributed by atoms with E-state index in [1.165, 1.54) is 25.7 Å². The Morgan fingerprint density at radius 3 is 2.44 bits per heavy atom. The van der Waals surface area contributed by atoms with Gasteiger partial charge in [0.2, 0.25) is 0 Å². The van der Waals surface area contributed by atoms with E-state index in [4.69, 9.17) is 0 Å². The van der Waals surface area contributed by atoms with E-state index in [0.29, 0.717) is 0 Å². The standard InChI is InChI=1S/C13H28N2O/c1-4-14-12-5-7-13(8-6-12)15(3)10-9-11(2)16/h11-14,16H,4-10H2,1-3H3. The van der Waals surface area contributed by atoms with E-state index in [2.05, 4.69) is 24.2 Å². The van der Waals surface area contributed by atoms with E-state index in [-0.39, 0.29) is 6.10 Å². The molecule has 1 saturated carbocycles. The first-order valence-electron chi connectivity index (χ1n) is 6.75. The van der Waals surface area contributed by atoms with Crippen molar-refractivity contribution in [1.82, 2.24) is 10.2 Å². The third-order valence-corrected chi connectivity index (χ3v) is 3.71. The van der Waals surface area contributed by atoms with E-state index in [1.807, 2.05) is 6.92 Å². The monoisotopic (exact) mass is 228 g/mol. The molecule has 3 nitrogen and oxygen atoms in total. The van der Waals surface area contributed by atoms with Gasteiger partial charge in [0.05, 0.1) is 6.10 Å². The summed E-state index contributed by atoms with van der Waals surface area (Å²) in [6, 6.07) is 1.47. The predicted octanol–water partition coefficient (Wildman–Crippen LogP) is 1.61. The highest BCUT2D eigenvalue weighted by atomic mass is 16.3. The molecular weight excluding hydrogens is 200 g/mol. The van der Waals surface area contributed by atoms with E-state index >= 15 is 0 Å². The summed E-state index contributed by atoms with van der Waals surface area (Å²) in [4.78, 5) is 2.43. The average Bonchev–Trinajstić information content (AvgIpc) is 2.27. The van der Waals surface area contributed by atoms with Gasteiger partial charge >= 0.3 is 0 Å². The first-order chi connectivity index (χ1) is 7.63. The Balaban J connectivity index is 2.19.